The Morgan fingerprint density at radius 1 is 1.43 bits per heavy atom. The highest BCUT2D eigenvalue weighted by Gasteiger charge is 2.11. The van der Waals surface area contributed by atoms with E-state index in [1.54, 1.807) is 12.1 Å². The predicted octanol–water partition coefficient (Wildman–Crippen LogP) is 1.96. The van der Waals surface area contributed by atoms with Crippen molar-refractivity contribution in [1.82, 2.24) is 4.90 Å². The first kappa shape index (κ1) is 10.9. The number of halogens is 1. The largest absolute Gasteiger partial charge is 0.299 e. The number of ketones is 1. The molecule has 1 aromatic carbocycles. The summed E-state index contributed by atoms with van der Waals surface area (Å²) >= 11 is 0. The Balaban J connectivity index is 2.75. The van der Waals surface area contributed by atoms with E-state index in [2.05, 4.69) is 0 Å². The molecule has 0 atom stereocenters. The van der Waals surface area contributed by atoms with Crippen molar-refractivity contribution >= 4 is 5.78 Å². The molecule has 0 fully saturated rings. The van der Waals surface area contributed by atoms with Crippen LogP contribution in [0.25, 0.3) is 0 Å². The maximum Gasteiger partial charge on any atom is 0.179 e. The third-order valence-corrected chi connectivity index (χ3v) is 2.13. The number of benzene rings is 1. The molecule has 0 aliphatic heterocycles. The van der Waals surface area contributed by atoms with E-state index in [9.17, 15) is 9.18 Å². The number of rotatable bonds is 4. The summed E-state index contributed by atoms with van der Waals surface area (Å²) < 4.78 is 13.2. The second kappa shape index (κ2) is 4.86. The van der Waals surface area contributed by atoms with Gasteiger partial charge in [-0.1, -0.05) is 19.1 Å². The molecular formula is C11H14FNO. The lowest BCUT2D eigenvalue weighted by atomic mass is 10.1. The molecule has 0 radical (unpaired) electrons. The zero-order valence-corrected chi connectivity index (χ0v) is 8.46. The first-order valence-electron chi connectivity index (χ1n) is 4.61. The average molecular weight is 195 g/mol. The maximum atomic E-state index is 13.2. The van der Waals surface area contributed by atoms with Crippen LogP contribution in [-0.2, 0) is 0 Å². The highest BCUT2D eigenvalue weighted by molar-refractivity contribution is 5.97. The standard InChI is InChI=1S/C11H14FNO/c1-3-13(2)8-11(14)9-6-4-5-7-10(9)12/h4-7H,3,8H2,1-2H3. The minimum Gasteiger partial charge on any atom is -0.299 e. The van der Waals surface area contributed by atoms with Crippen LogP contribution in [0.3, 0.4) is 0 Å². The fraction of sp³-hybridized carbons (Fsp3) is 0.364. The topological polar surface area (TPSA) is 20.3 Å². The number of carbonyl (C=O) groups is 1. The van der Waals surface area contributed by atoms with E-state index in [1.165, 1.54) is 12.1 Å². The molecule has 0 unspecified atom stereocenters. The van der Waals surface area contributed by atoms with Crippen LogP contribution in [0.15, 0.2) is 24.3 Å². The molecule has 14 heavy (non-hydrogen) atoms. The van der Waals surface area contributed by atoms with Gasteiger partial charge in [0.2, 0.25) is 0 Å². The summed E-state index contributed by atoms with van der Waals surface area (Å²) in [4.78, 5) is 13.4. The van der Waals surface area contributed by atoms with Gasteiger partial charge in [-0.25, -0.2) is 4.39 Å². The maximum absolute atomic E-state index is 13.2. The van der Waals surface area contributed by atoms with E-state index in [1.807, 2.05) is 18.9 Å². The van der Waals surface area contributed by atoms with E-state index >= 15 is 0 Å². The van der Waals surface area contributed by atoms with Gasteiger partial charge in [-0.3, -0.25) is 9.69 Å². The number of Topliss-reactive ketones (excluding diaryl/α,β-unsaturated/α-hetero) is 1. The summed E-state index contributed by atoms with van der Waals surface area (Å²) in [5.74, 6) is -0.616. The van der Waals surface area contributed by atoms with Crippen LogP contribution in [0.1, 0.15) is 17.3 Å². The Labute approximate surface area is 83.3 Å². The third kappa shape index (κ3) is 2.64. The van der Waals surface area contributed by atoms with Gasteiger partial charge in [0.05, 0.1) is 12.1 Å². The van der Waals surface area contributed by atoms with E-state index in [4.69, 9.17) is 0 Å². The van der Waals surface area contributed by atoms with Crippen LogP contribution >= 0.6 is 0 Å². The van der Waals surface area contributed by atoms with E-state index in [0.29, 0.717) is 0 Å². The monoisotopic (exact) mass is 195 g/mol. The summed E-state index contributed by atoms with van der Waals surface area (Å²) in [6, 6.07) is 6.07. The van der Waals surface area contributed by atoms with Gasteiger partial charge in [0.1, 0.15) is 5.82 Å². The molecular weight excluding hydrogens is 181 g/mol. The second-order valence-corrected chi connectivity index (χ2v) is 3.23. The third-order valence-electron chi connectivity index (χ3n) is 2.13. The lowest BCUT2D eigenvalue weighted by molar-refractivity contribution is 0.0945. The average Bonchev–Trinajstić information content (AvgIpc) is 2.18. The SMILES string of the molecule is CCN(C)CC(=O)c1ccccc1F. The molecule has 0 heterocycles. The van der Waals surface area contributed by atoms with Crippen molar-refractivity contribution in [3.63, 3.8) is 0 Å². The fourth-order valence-corrected chi connectivity index (χ4v) is 1.13. The normalized spacial score (nSPS) is 10.6. The van der Waals surface area contributed by atoms with Crippen LogP contribution < -0.4 is 0 Å². The van der Waals surface area contributed by atoms with Gasteiger partial charge in [-0.2, -0.15) is 0 Å². The molecule has 0 saturated carbocycles. The minimum atomic E-state index is -0.443. The Kier molecular flexibility index (Phi) is 3.77. The zero-order valence-electron chi connectivity index (χ0n) is 8.46. The molecule has 0 saturated heterocycles. The minimum absolute atomic E-state index is 0.174. The van der Waals surface area contributed by atoms with Crippen LogP contribution in [0, 0.1) is 5.82 Å². The summed E-state index contributed by atoms with van der Waals surface area (Å²) in [6.07, 6.45) is 0. The Morgan fingerprint density at radius 3 is 2.64 bits per heavy atom. The number of likely N-dealkylation sites (N-methyl/N-ethyl adjacent to an activating group) is 1. The van der Waals surface area contributed by atoms with E-state index < -0.39 is 5.82 Å². The highest BCUT2D eigenvalue weighted by atomic mass is 19.1. The summed E-state index contributed by atoms with van der Waals surface area (Å²) in [5.41, 5.74) is 0.174. The molecule has 0 aliphatic carbocycles. The van der Waals surface area contributed by atoms with Crippen LogP contribution in [-0.4, -0.2) is 30.8 Å². The van der Waals surface area contributed by atoms with Crippen molar-refractivity contribution in [1.29, 1.82) is 0 Å². The fourth-order valence-electron chi connectivity index (χ4n) is 1.13. The number of carbonyl (C=O) groups excluding carboxylic acids is 1. The second-order valence-electron chi connectivity index (χ2n) is 3.23. The van der Waals surface area contributed by atoms with Gasteiger partial charge in [0.25, 0.3) is 0 Å². The van der Waals surface area contributed by atoms with E-state index in [-0.39, 0.29) is 17.9 Å². The molecule has 2 nitrogen and oxygen atoms in total. The Bertz CT molecular complexity index is 325. The molecule has 1 rings (SSSR count). The van der Waals surface area contributed by atoms with Gasteiger partial charge in [-0.15, -0.1) is 0 Å². The first-order valence-corrected chi connectivity index (χ1v) is 4.61. The molecule has 76 valence electrons. The van der Waals surface area contributed by atoms with Crippen molar-refractivity contribution in [2.24, 2.45) is 0 Å². The molecule has 0 N–H and O–H groups in total. The van der Waals surface area contributed by atoms with Gasteiger partial charge in [0.15, 0.2) is 5.78 Å². The molecule has 3 heteroatoms. The van der Waals surface area contributed by atoms with E-state index in [0.717, 1.165) is 6.54 Å². The van der Waals surface area contributed by atoms with Gasteiger partial charge < -0.3 is 0 Å². The summed E-state index contributed by atoms with van der Waals surface area (Å²) in [6.45, 7) is 2.99. The molecule has 0 aromatic heterocycles. The summed E-state index contributed by atoms with van der Waals surface area (Å²) in [7, 11) is 1.83. The molecule has 0 bridgehead atoms. The highest BCUT2D eigenvalue weighted by Crippen LogP contribution is 2.07. The van der Waals surface area contributed by atoms with Crippen molar-refractivity contribution in [3.05, 3.63) is 35.6 Å². The molecule has 1 aromatic rings. The molecule has 0 spiro atoms. The Hall–Kier alpha value is -1.22. The van der Waals surface area contributed by atoms with Crippen molar-refractivity contribution in [3.8, 4) is 0 Å². The van der Waals surface area contributed by atoms with Crippen molar-refractivity contribution in [2.45, 2.75) is 6.92 Å². The predicted molar refractivity (Wildman–Crippen MR) is 53.9 cm³/mol. The number of nitrogens with zero attached hydrogens (tertiary/aromatic N) is 1. The lowest BCUT2D eigenvalue weighted by Crippen LogP contribution is -2.26. The smallest absolute Gasteiger partial charge is 0.179 e. The number of hydrogen-bond acceptors (Lipinski definition) is 2. The summed E-state index contributed by atoms with van der Waals surface area (Å²) in [5, 5.41) is 0. The van der Waals surface area contributed by atoms with Crippen LogP contribution in [0.2, 0.25) is 0 Å². The van der Waals surface area contributed by atoms with Gasteiger partial charge in [0, 0.05) is 0 Å². The lowest BCUT2D eigenvalue weighted by Gasteiger charge is -2.12. The van der Waals surface area contributed by atoms with Crippen molar-refractivity contribution in [2.75, 3.05) is 20.1 Å². The van der Waals surface area contributed by atoms with Crippen LogP contribution in [0.4, 0.5) is 4.39 Å². The molecule has 0 aliphatic rings. The zero-order chi connectivity index (χ0) is 10.6. The van der Waals surface area contributed by atoms with Crippen LogP contribution in [0.5, 0.6) is 0 Å². The number of hydrogen-bond donors (Lipinski definition) is 0. The quantitative estimate of drug-likeness (QED) is 0.684. The van der Waals surface area contributed by atoms with Gasteiger partial charge in [-0.05, 0) is 25.7 Å². The van der Waals surface area contributed by atoms with Crippen molar-refractivity contribution < 1.29 is 9.18 Å². The molecule has 0 amide bonds. The van der Waals surface area contributed by atoms with Gasteiger partial charge >= 0.3 is 0 Å². The first-order chi connectivity index (χ1) is 6.65. The Morgan fingerprint density at radius 2 is 2.07 bits per heavy atom.